The Labute approximate surface area is 157 Å². The van der Waals surface area contributed by atoms with Gasteiger partial charge in [0.1, 0.15) is 5.92 Å². The molecule has 0 saturated carbocycles. The third kappa shape index (κ3) is 4.55. The Balaban J connectivity index is 2.63. The van der Waals surface area contributed by atoms with Crippen LogP contribution in [0.2, 0.25) is 0 Å². The summed E-state index contributed by atoms with van der Waals surface area (Å²) in [5.74, 6) is -3.78. The van der Waals surface area contributed by atoms with Crippen LogP contribution in [-0.4, -0.2) is 42.6 Å². The predicted octanol–water partition coefficient (Wildman–Crippen LogP) is 2.03. The molecule has 0 radical (unpaired) electrons. The first-order valence-electron chi connectivity index (χ1n) is 8.65. The van der Waals surface area contributed by atoms with Gasteiger partial charge in [0.05, 0.1) is 30.9 Å². The zero-order valence-electron chi connectivity index (χ0n) is 15.5. The number of Topliss-reactive ketones (excluding diaryl/α,β-unsaturated/α-hetero) is 1. The fraction of sp³-hybridized carbons (Fsp3) is 0.350. The molecule has 7 nitrogen and oxygen atoms in total. The Bertz CT molecular complexity index is 822. The molecule has 0 spiro atoms. The summed E-state index contributed by atoms with van der Waals surface area (Å²) < 4.78 is 10.1. The molecule has 0 fully saturated rings. The molecule has 1 heterocycles. The van der Waals surface area contributed by atoms with Crippen molar-refractivity contribution >= 4 is 29.3 Å². The number of aliphatic imine (C=N–C) groups is 1. The molecule has 0 bridgehead atoms. The summed E-state index contributed by atoms with van der Waals surface area (Å²) in [5.41, 5.74) is 0.496. The van der Waals surface area contributed by atoms with Crippen molar-refractivity contribution in [3.8, 4) is 0 Å². The highest BCUT2D eigenvalue weighted by molar-refractivity contribution is 6.29. The van der Waals surface area contributed by atoms with Gasteiger partial charge in [0.15, 0.2) is 5.78 Å². The quantitative estimate of drug-likeness (QED) is 0.537. The van der Waals surface area contributed by atoms with Crippen LogP contribution in [-0.2, 0) is 28.7 Å². The van der Waals surface area contributed by atoms with Crippen molar-refractivity contribution in [2.75, 3.05) is 13.2 Å². The molecule has 1 aliphatic rings. The lowest BCUT2D eigenvalue weighted by Gasteiger charge is -2.26. The van der Waals surface area contributed by atoms with E-state index < -0.39 is 29.5 Å². The lowest BCUT2D eigenvalue weighted by Crippen LogP contribution is -2.36. The molecule has 1 unspecified atom stereocenters. The number of hydrogen-bond donors (Lipinski definition) is 0. The number of hydrogen-bond acceptors (Lipinski definition) is 6. The highest BCUT2D eigenvalue weighted by Gasteiger charge is 2.40. The van der Waals surface area contributed by atoms with Crippen molar-refractivity contribution in [2.24, 2.45) is 10.9 Å². The topological polar surface area (TPSA) is 99.1 Å². The SMILES string of the molecule is CCOC(=O)CC1=C(C(C)=O)C(=O)N=C(c2ccccc2)C1C(=O)OCC. The highest BCUT2D eigenvalue weighted by atomic mass is 16.5. The third-order valence-corrected chi connectivity index (χ3v) is 3.96. The fourth-order valence-corrected chi connectivity index (χ4v) is 2.93. The first-order chi connectivity index (χ1) is 12.9. The van der Waals surface area contributed by atoms with Gasteiger partial charge in [0.25, 0.3) is 5.91 Å². The van der Waals surface area contributed by atoms with E-state index in [0.29, 0.717) is 5.56 Å². The van der Waals surface area contributed by atoms with Gasteiger partial charge in [-0.25, -0.2) is 4.99 Å². The molecule has 0 aliphatic carbocycles. The molecular formula is C20H21NO6. The van der Waals surface area contributed by atoms with Gasteiger partial charge in [0, 0.05) is 0 Å². The molecule has 142 valence electrons. The first kappa shape index (κ1) is 20.2. The Morgan fingerprint density at radius 1 is 1.04 bits per heavy atom. The van der Waals surface area contributed by atoms with Gasteiger partial charge in [-0.1, -0.05) is 30.3 Å². The van der Waals surface area contributed by atoms with E-state index in [-0.39, 0.29) is 36.5 Å². The van der Waals surface area contributed by atoms with Crippen molar-refractivity contribution in [1.82, 2.24) is 0 Å². The summed E-state index contributed by atoms with van der Waals surface area (Å²) in [6, 6.07) is 8.64. The van der Waals surface area contributed by atoms with Crippen LogP contribution in [0.3, 0.4) is 0 Å². The second kappa shape index (κ2) is 9.02. The number of ether oxygens (including phenoxy) is 2. The largest absolute Gasteiger partial charge is 0.466 e. The Morgan fingerprint density at radius 3 is 2.22 bits per heavy atom. The number of nitrogens with zero attached hydrogens (tertiary/aromatic N) is 1. The lowest BCUT2D eigenvalue weighted by molar-refractivity contribution is -0.145. The summed E-state index contributed by atoms with van der Waals surface area (Å²) in [6.45, 7) is 4.73. The van der Waals surface area contributed by atoms with Crippen molar-refractivity contribution in [2.45, 2.75) is 27.2 Å². The molecule has 2 rings (SSSR count). The van der Waals surface area contributed by atoms with E-state index in [1.807, 2.05) is 0 Å². The fourth-order valence-electron chi connectivity index (χ4n) is 2.93. The van der Waals surface area contributed by atoms with Crippen LogP contribution in [0, 0.1) is 5.92 Å². The number of amides is 1. The smallest absolute Gasteiger partial charge is 0.319 e. The van der Waals surface area contributed by atoms with Gasteiger partial charge < -0.3 is 9.47 Å². The van der Waals surface area contributed by atoms with Crippen LogP contribution < -0.4 is 0 Å². The molecule has 27 heavy (non-hydrogen) atoms. The Kier molecular flexibility index (Phi) is 6.76. The Hall–Kier alpha value is -3.09. The van der Waals surface area contributed by atoms with Crippen molar-refractivity contribution in [3.63, 3.8) is 0 Å². The van der Waals surface area contributed by atoms with Gasteiger partial charge in [0.2, 0.25) is 0 Å². The number of rotatable bonds is 7. The summed E-state index contributed by atoms with van der Waals surface area (Å²) >= 11 is 0. The van der Waals surface area contributed by atoms with Crippen molar-refractivity contribution in [3.05, 3.63) is 47.0 Å². The molecule has 1 atom stereocenters. The van der Waals surface area contributed by atoms with Crippen molar-refractivity contribution in [1.29, 1.82) is 0 Å². The van der Waals surface area contributed by atoms with E-state index in [1.54, 1.807) is 44.2 Å². The molecule has 0 aromatic heterocycles. The second-order valence-electron chi connectivity index (χ2n) is 5.79. The minimum absolute atomic E-state index is 0.0678. The number of ketones is 1. The average molecular weight is 371 g/mol. The second-order valence-corrected chi connectivity index (χ2v) is 5.79. The van der Waals surface area contributed by atoms with E-state index in [9.17, 15) is 19.2 Å². The predicted molar refractivity (Wildman–Crippen MR) is 97.1 cm³/mol. The van der Waals surface area contributed by atoms with Gasteiger partial charge in [-0.05, 0) is 31.9 Å². The average Bonchev–Trinajstić information content (AvgIpc) is 2.62. The van der Waals surface area contributed by atoms with Crippen LogP contribution in [0.5, 0.6) is 0 Å². The van der Waals surface area contributed by atoms with E-state index in [1.165, 1.54) is 6.92 Å². The lowest BCUT2D eigenvalue weighted by atomic mass is 9.81. The van der Waals surface area contributed by atoms with Gasteiger partial charge in [-0.2, -0.15) is 0 Å². The number of dihydropyridines is 1. The van der Waals surface area contributed by atoms with Gasteiger partial charge >= 0.3 is 11.9 Å². The van der Waals surface area contributed by atoms with Crippen LogP contribution >= 0.6 is 0 Å². The van der Waals surface area contributed by atoms with E-state index in [0.717, 1.165) is 0 Å². The van der Waals surface area contributed by atoms with Crippen LogP contribution in [0.1, 0.15) is 32.8 Å². The zero-order valence-corrected chi connectivity index (χ0v) is 15.5. The molecule has 0 saturated heterocycles. The van der Waals surface area contributed by atoms with Gasteiger partial charge in [-0.15, -0.1) is 0 Å². The van der Waals surface area contributed by atoms with E-state index in [2.05, 4.69) is 4.99 Å². The molecule has 1 aromatic carbocycles. The molecule has 1 amide bonds. The van der Waals surface area contributed by atoms with E-state index in [4.69, 9.17) is 9.47 Å². The van der Waals surface area contributed by atoms with E-state index >= 15 is 0 Å². The van der Waals surface area contributed by atoms with Crippen LogP contribution in [0.15, 0.2) is 46.5 Å². The monoisotopic (exact) mass is 371 g/mol. The third-order valence-electron chi connectivity index (χ3n) is 3.96. The maximum atomic E-state index is 12.7. The normalized spacial score (nSPS) is 16.6. The van der Waals surface area contributed by atoms with Gasteiger partial charge in [-0.3, -0.25) is 19.2 Å². The number of benzene rings is 1. The van der Waals surface area contributed by atoms with Crippen LogP contribution in [0.25, 0.3) is 0 Å². The Morgan fingerprint density at radius 2 is 1.67 bits per heavy atom. The molecule has 1 aromatic rings. The molecule has 7 heteroatoms. The number of esters is 2. The molecular weight excluding hydrogens is 350 g/mol. The minimum Gasteiger partial charge on any atom is -0.466 e. The molecule has 0 N–H and O–H groups in total. The highest BCUT2D eigenvalue weighted by Crippen LogP contribution is 2.31. The van der Waals surface area contributed by atoms with Crippen LogP contribution in [0.4, 0.5) is 0 Å². The van der Waals surface area contributed by atoms with Crippen molar-refractivity contribution < 1.29 is 28.7 Å². The summed E-state index contributed by atoms with van der Waals surface area (Å²) in [7, 11) is 0. The number of carbonyl (C=O) groups is 4. The maximum Gasteiger partial charge on any atom is 0.319 e. The standard InChI is InChI=1S/C20H21NO6/c1-4-26-15(23)11-14-16(12(3)22)19(24)21-18(13-9-7-6-8-10-13)17(14)20(25)27-5-2/h6-10,17H,4-5,11H2,1-3H3. The summed E-state index contributed by atoms with van der Waals surface area (Å²) in [6.07, 6.45) is -0.371. The minimum atomic E-state index is -1.13. The number of carbonyl (C=O) groups excluding carboxylic acids is 4. The summed E-state index contributed by atoms with van der Waals surface area (Å²) in [5, 5.41) is 0. The first-order valence-corrected chi connectivity index (χ1v) is 8.65. The zero-order chi connectivity index (χ0) is 20.0. The summed E-state index contributed by atoms with van der Waals surface area (Å²) in [4.78, 5) is 53.4. The molecule has 1 aliphatic heterocycles. The maximum absolute atomic E-state index is 12.7.